The third kappa shape index (κ3) is 6.25. The molecule has 0 spiro atoms. The number of hydrogen-bond donors (Lipinski definition) is 4. The van der Waals surface area contributed by atoms with E-state index in [0.717, 1.165) is 5.56 Å². The van der Waals surface area contributed by atoms with Gasteiger partial charge >= 0.3 is 6.09 Å². The predicted molar refractivity (Wildman–Crippen MR) is 86.6 cm³/mol. The molecule has 0 fully saturated rings. The van der Waals surface area contributed by atoms with Crippen molar-refractivity contribution in [2.45, 2.75) is 45.1 Å². The van der Waals surface area contributed by atoms with Crippen LogP contribution in [0.1, 0.15) is 25.8 Å². The molecule has 0 aliphatic carbocycles. The lowest BCUT2D eigenvalue weighted by Crippen LogP contribution is -2.56. The number of carbonyl (C=O) groups is 3. The molecule has 3 atom stereocenters. The molecule has 0 aliphatic rings. The topological polar surface area (TPSA) is 131 Å². The summed E-state index contributed by atoms with van der Waals surface area (Å²) >= 11 is 0. The van der Waals surface area contributed by atoms with Crippen LogP contribution in [-0.4, -0.2) is 41.2 Å². The van der Waals surface area contributed by atoms with Crippen LogP contribution in [0.15, 0.2) is 30.3 Å². The average molecular weight is 337 g/mol. The van der Waals surface area contributed by atoms with Crippen molar-refractivity contribution in [2.75, 3.05) is 0 Å². The summed E-state index contributed by atoms with van der Waals surface area (Å²) in [5, 5.41) is 14.4. The van der Waals surface area contributed by atoms with Crippen molar-refractivity contribution in [3.05, 3.63) is 35.9 Å². The molecule has 8 heteroatoms. The van der Waals surface area contributed by atoms with Crippen molar-refractivity contribution in [1.29, 1.82) is 0 Å². The lowest BCUT2D eigenvalue weighted by Gasteiger charge is -2.23. The summed E-state index contributed by atoms with van der Waals surface area (Å²) in [6.45, 7) is 3.04. The highest BCUT2D eigenvalue weighted by molar-refractivity contribution is 5.91. The van der Waals surface area contributed by atoms with Gasteiger partial charge in [-0.25, -0.2) is 4.79 Å². The van der Waals surface area contributed by atoms with E-state index >= 15 is 0 Å². The van der Waals surface area contributed by atoms with E-state index in [9.17, 15) is 19.5 Å². The van der Waals surface area contributed by atoms with Gasteiger partial charge in [0.05, 0.1) is 6.10 Å². The van der Waals surface area contributed by atoms with Crippen LogP contribution in [0, 0.1) is 0 Å². The van der Waals surface area contributed by atoms with Gasteiger partial charge in [0, 0.05) is 0 Å². The quantitative estimate of drug-likeness (QED) is 0.532. The second kappa shape index (κ2) is 9.51. The summed E-state index contributed by atoms with van der Waals surface area (Å²) in [5.74, 6) is -1.41. The molecule has 132 valence electrons. The van der Waals surface area contributed by atoms with Crippen molar-refractivity contribution in [3.8, 4) is 0 Å². The molecule has 0 saturated carbocycles. The number of aliphatic hydroxyl groups is 1. The lowest BCUT2D eigenvalue weighted by atomic mass is 10.1. The summed E-state index contributed by atoms with van der Waals surface area (Å²) in [6.07, 6.45) is -1.74. The van der Waals surface area contributed by atoms with Crippen LogP contribution < -0.4 is 16.4 Å². The molecule has 0 heterocycles. The zero-order chi connectivity index (χ0) is 18.1. The highest BCUT2D eigenvalue weighted by Crippen LogP contribution is 2.02. The normalized spacial score (nSPS) is 14.1. The summed E-state index contributed by atoms with van der Waals surface area (Å²) in [5.41, 5.74) is 5.94. The highest BCUT2D eigenvalue weighted by Gasteiger charge is 2.28. The highest BCUT2D eigenvalue weighted by atomic mass is 16.5. The number of amides is 3. The van der Waals surface area contributed by atoms with Crippen molar-refractivity contribution in [2.24, 2.45) is 5.73 Å². The summed E-state index contributed by atoms with van der Waals surface area (Å²) in [4.78, 5) is 35.1. The molecule has 0 aromatic heterocycles. The van der Waals surface area contributed by atoms with Gasteiger partial charge in [-0.3, -0.25) is 9.59 Å². The van der Waals surface area contributed by atoms with Crippen molar-refractivity contribution < 1.29 is 24.2 Å². The molecule has 8 nitrogen and oxygen atoms in total. The Bertz CT molecular complexity index is 562. The van der Waals surface area contributed by atoms with E-state index in [0.29, 0.717) is 6.42 Å². The molecule has 5 N–H and O–H groups in total. The van der Waals surface area contributed by atoms with Gasteiger partial charge in [0.2, 0.25) is 11.8 Å². The number of rotatable bonds is 8. The average Bonchev–Trinajstić information content (AvgIpc) is 2.55. The maximum atomic E-state index is 12.1. The molecule has 3 amide bonds. The van der Waals surface area contributed by atoms with Crippen LogP contribution in [0.2, 0.25) is 0 Å². The minimum atomic E-state index is -1.26. The number of primary amides is 1. The smallest absolute Gasteiger partial charge is 0.408 e. The fourth-order valence-electron chi connectivity index (χ4n) is 1.93. The number of hydrogen-bond acceptors (Lipinski definition) is 5. The van der Waals surface area contributed by atoms with Gasteiger partial charge in [-0.15, -0.1) is 0 Å². The molecule has 1 aromatic rings. The molecule has 0 unspecified atom stereocenters. The van der Waals surface area contributed by atoms with Crippen LogP contribution in [0.4, 0.5) is 4.79 Å². The molecule has 0 saturated heterocycles. The number of benzene rings is 1. The summed E-state index contributed by atoms with van der Waals surface area (Å²) < 4.78 is 5.00. The summed E-state index contributed by atoms with van der Waals surface area (Å²) in [7, 11) is 0. The molecule has 1 aromatic carbocycles. The van der Waals surface area contributed by atoms with Crippen LogP contribution in [0.5, 0.6) is 0 Å². The first-order valence-electron chi connectivity index (χ1n) is 7.60. The monoisotopic (exact) mass is 337 g/mol. The predicted octanol–water partition coefficient (Wildman–Crippen LogP) is 0.0423. The van der Waals surface area contributed by atoms with E-state index in [1.165, 1.54) is 6.92 Å². The van der Waals surface area contributed by atoms with Crippen LogP contribution in [-0.2, 0) is 20.9 Å². The number of ether oxygens (including phenoxy) is 1. The molecule has 0 radical (unpaired) electrons. The Labute approximate surface area is 140 Å². The first-order chi connectivity index (χ1) is 11.3. The molecule has 0 aliphatic heterocycles. The zero-order valence-corrected chi connectivity index (χ0v) is 13.7. The van der Waals surface area contributed by atoms with Crippen molar-refractivity contribution >= 4 is 17.9 Å². The van der Waals surface area contributed by atoms with Gasteiger partial charge < -0.3 is 26.2 Å². The molecular weight excluding hydrogens is 314 g/mol. The molecule has 0 bridgehead atoms. The third-order valence-corrected chi connectivity index (χ3v) is 3.32. The van der Waals surface area contributed by atoms with Crippen LogP contribution >= 0.6 is 0 Å². The van der Waals surface area contributed by atoms with Gasteiger partial charge in [-0.1, -0.05) is 37.3 Å². The van der Waals surface area contributed by atoms with Gasteiger partial charge in [-0.05, 0) is 18.9 Å². The second-order valence-electron chi connectivity index (χ2n) is 5.30. The van der Waals surface area contributed by atoms with E-state index in [1.807, 2.05) is 6.07 Å². The molecular formula is C16H23N3O5. The largest absolute Gasteiger partial charge is 0.445 e. The third-order valence-electron chi connectivity index (χ3n) is 3.32. The van der Waals surface area contributed by atoms with Crippen molar-refractivity contribution in [1.82, 2.24) is 10.6 Å². The Morgan fingerprint density at radius 2 is 1.83 bits per heavy atom. The van der Waals surface area contributed by atoms with Gasteiger partial charge in [0.1, 0.15) is 18.7 Å². The Kier molecular flexibility index (Phi) is 7.70. The maximum absolute atomic E-state index is 12.1. The number of aliphatic hydroxyl groups excluding tert-OH is 1. The van der Waals surface area contributed by atoms with E-state index in [1.54, 1.807) is 31.2 Å². The fraction of sp³-hybridized carbons (Fsp3) is 0.438. The van der Waals surface area contributed by atoms with Gasteiger partial charge in [-0.2, -0.15) is 0 Å². The standard InChI is InChI=1S/C16H23N3O5/c1-3-12(14(17)21)18-15(22)13(10(2)20)19-16(23)24-9-11-7-5-4-6-8-11/h4-8,10,12-13,20H,3,9H2,1-2H3,(H2,17,21)(H,18,22)(H,19,23)/t10-,12-,13+/m1/s1. The zero-order valence-electron chi connectivity index (χ0n) is 13.7. The van der Waals surface area contributed by atoms with Crippen LogP contribution in [0.25, 0.3) is 0 Å². The Morgan fingerprint density at radius 1 is 1.21 bits per heavy atom. The second-order valence-corrected chi connectivity index (χ2v) is 5.30. The van der Waals surface area contributed by atoms with Gasteiger partial charge in [0.15, 0.2) is 0 Å². The number of nitrogens with one attached hydrogen (secondary N) is 2. The van der Waals surface area contributed by atoms with E-state index in [-0.39, 0.29) is 6.61 Å². The number of alkyl carbamates (subject to hydrolysis) is 1. The maximum Gasteiger partial charge on any atom is 0.408 e. The Morgan fingerprint density at radius 3 is 2.33 bits per heavy atom. The van der Waals surface area contributed by atoms with Crippen LogP contribution in [0.3, 0.4) is 0 Å². The van der Waals surface area contributed by atoms with E-state index < -0.39 is 36.1 Å². The molecule has 1 rings (SSSR count). The fourth-order valence-corrected chi connectivity index (χ4v) is 1.93. The number of nitrogens with two attached hydrogens (primary N) is 1. The summed E-state index contributed by atoms with van der Waals surface area (Å²) in [6, 6.07) is 6.87. The van der Waals surface area contributed by atoms with E-state index in [4.69, 9.17) is 10.5 Å². The first-order valence-corrected chi connectivity index (χ1v) is 7.60. The van der Waals surface area contributed by atoms with Crippen molar-refractivity contribution in [3.63, 3.8) is 0 Å². The molecule has 24 heavy (non-hydrogen) atoms. The SMILES string of the molecule is CC[C@@H](NC(=O)[C@@H](NC(=O)OCc1ccccc1)[C@@H](C)O)C(N)=O. The minimum absolute atomic E-state index is 0.0275. The number of carbonyl (C=O) groups excluding carboxylic acids is 3. The Balaban J connectivity index is 2.59. The van der Waals surface area contributed by atoms with Gasteiger partial charge in [0.25, 0.3) is 0 Å². The van der Waals surface area contributed by atoms with E-state index in [2.05, 4.69) is 10.6 Å². The minimum Gasteiger partial charge on any atom is -0.445 e. The first kappa shape index (κ1) is 19.4. The Hall–Kier alpha value is -2.61. The lowest BCUT2D eigenvalue weighted by molar-refractivity contribution is -0.130.